The molecule has 0 fully saturated rings. The van der Waals surface area contributed by atoms with E-state index in [1.165, 1.54) is 93.0 Å². The second-order valence-electron chi connectivity index (χ2n) is 21.8. The molecule has 8 rings (SSSR count). The molecule has 70 heavy (non-hydrogen) atoms. The summed E-state index contributed by atoms with van der Waals surface area (Å²) in [6.45, 7) is 28.0. The summed E-state index contributed by atoms with van der Waals surface area (Å²) in [6.07, 6.45) is -7.72. The van der Waals surface area contributed by atoms with E-state index in [0.717, 1.165) is 56.1 Å². The molecule has 0 amide bonds. The van der Waals surface area contributed by atoms with Crippen LogP contribution in [0.25, 0.3) is 33.4 Å². The Hall–Kier alpha value is -4.42. The quantitative estimate of drug-likeness (QED) is 0.122. The van der Waals surface area contributed by atoms with E-state index < -0.39 is 23.5 Å². The molecule has 0 nitrogen and oxygen atoms in total. The maximum atomic E-state index is 12.8. The fraction of sp³-hybridized carbons (Fsp3) is 0.311. The van der Waals surface area contributed by atoms with Crippen LogP contribution in [0.4, 0.5) is 26.3 Å². The Morgan fingerprint density at radius 3 is 1.11 bits per heavy atom. The van der Waals surface area contributed by atoms with Gasteiger partial charge in [0, 0.05) is 0 Å². The van der Waals surface area contributed by atoms with Crippen LogP contribution in [0.5, 0.6) is 0 Å². The molecule has 0 heterocycles. The fourth-order valence-corrected chi connectivity index (χ4v) is 9.29. The zero-order chi connectivity index (χ0) is 50.2. The predicted octanol–water partition coefficient (Wildman–Crippen LogP) is 11.8. The summed E-state index contributed by atoms with van der Waals surface area (Å²) < 4.78 is 77.7. The molecule has 0 bridgehead atoms. The topological polar surface area (TPSA) is 0 Å². The number of hydrogen-bond acceptors (Lipinski definition) is 0. The van der Waals surface area contributed by atoms with E-state index in [0.29, 0.717) is 11.1 Å². The third-order valence-electron chi connectivity index (χ3n) is 12.2. The number of alkyl halides is 6. The Balaban J connectivity index is 0.000000272. The number of benzene rings is 6. The van der Waals surface area contributed by atoms with Gasteiger partial charge in [-0.3, -0.25) is 0 Å². The van der Waals surface area contributed by atoms with Crippen molar-refractivity contribution in [2.75, 3.05) is 0 Å². The van der Waals surface area contributed by atoms with Crippen LogP contribution in [-0.4, -0.2) is 3.21 Å². The molecule has 9 heteroatoms. The standard InChI is InChI=1S/C29H41.C27H16F6.C5H5.2ClH.Zr/c1-26(2,3)22-14-18-13-19-15-23(27(4,5)6)25(29(10,11)12)17-21(19)20(18)16-24(22)28(7,8)9;28-26(29,30)24-13-9-22(10-14-24)20-5-1-18(2-6-20)17-19-3-7-21(8-4-19)23-11-15-25(16-12-23)27(31,32)33;1-2-4-5-3-1;;;/h14,16-17H,13H2,1-12H3;1-16H;1-5H;2*1H;/q-1;;-1;;;+2/p-2. The van der Waals surface area contributed by atoms with E-state index in [1.807, 2.05) is 78.9 Å². The zero-order valence-electron chi connectivity index (χ0n) is 42.1. The van der Waals surface area contributed by atoms with Crippen LogP contribution in [0, 0.1) is 6.07 Å². The first-order valence-electron chi connectivity index (χ1n) is 23.0. The second-order valence-corrected chi connectivity index (χ2v) is 23.1. The summed E-state index contributed by atoms with van der Waals surface area (Å²) in [5, 5.41) is 0. The molecule has 7 aromatic rings. The molecule has 0 unspecified atom stereocenters. The molecule has 0 radical (unpaired) electrons. The van der Waals surface area contributed by atoms with Gasteiger partial charge in [-0.2, -0.15) is 35.9 Å². The van der Waals surface area contributed by atoms with Gasteiger partial charge >= 0.3 is 208 Å². The normalized spacial score (nSPS) is 12.5. The molecule has 0 spiro atoms. The zero-order valence-corrected chi connectivity index (χ0v) is 46.1. The summed E-state index contributed by atoms with van der Waals surface area (Å²) in [5.41, 5.74) is 15.6. The van der Waals surface area contributed by atoms with Gasteiger partial charge in [0.2, 0.25) is 0 Å². The van der Waals surface area contributed by atoms with Gasteiger partial charge < -0.3 is 24.8 Å². The summed E-state index contributed by atoms with van der Waals surface area (Å²) in [5.74, 6) is 0. The van der Waals surface area contributed by atoms with Crippen LogP contribution in [0.15, 0.2) is 146 Å². The molecule has 7 aromatic carbocycles. The van der Waals surface area contributed by atoms with Gasteiger partial charge in [-0.05, 0) is 39.4 Å². The third-order valence-corrected chi connectivity index (χ3v) is 13.6. The van der Waals surface area contributed by atoms with Crippen molar-refractivity contribution in [3.8, 4) is 33.4 Å². The number of fused-ring (bicyclic) bond motifs is 3. The minimum absolute atomic E-state index is 0. The molecule has 0 saturated heterocycles. The Morgan fingerprint density at radius 1 is 0.457 bits per heavy atom. The van der Waals surface area contributed by atoms with E-state index in [2.05, 4.69) is 107 Å². The van der Waals surface area contributed by atoms with E-state index in [1.54, 1.807) is 0 Å². The van der Waals surface area contributed by atoms with Crippen molar-refractivity contribution >= 4 is 3.21 Å². The van der Waals surface area contributed by atoms with Crippen LogP contribution < -0.4 is 24.8 Å². The van der Waals surface area contributed by atoms with E-state index >= 15 is 0 Å². The van der Waals surface area contributed by atoms with Gasteiger partial charge in [0.1, 0.15) is 0 Å². The van der Waals surface area contributed by atoms with Gasteiger partial charge in [-0.25, -0.2) is 12.1 Å². The number of hydrogen-bond donors (Lipinski definition) is 0. The molecular formula is C61H62Cl2F6Zr-2. The Morgan fingerprint density at radius 2 is 0.800 bits per heavy atom. The molecule has 0 atom stereocenters. The van der Waals surface area contributed by atoms with Crippen molar-refractivity contribution in [3.05, 3.63) is 207 Å². The van der Waals surface area contributed by atoms with Crippen LogP contribution in [0.1, 0.15) is 139 Å². The molecular weight excluding hydrogens is 1010 g/mol. The molecule has 0 saturated carbocycles. The molecule has 1 aliphatic carbocycles. The Labute approximate surface area is 439 Å². The summed E-state index contributed by atoms with van der Waals surface area (Å²) in [4.78, 5) is 0. The Bertz CT molecular complexity index is 2630. The van der Waals surface area contributed by atoms with E-state index in [4.69, 9.17) is 0 Å². The first-order chi connectivity index (χ1) is 31.4. The van der Waals surface area contributed by atoms with Crippen LogP contribution >= 0.6 is 0 Å². The third kappa shape index (κ3) is 14.2. The first-order valence-corrected chi connectivity index (χ1v) is 24.3. The Kier molecular flexibility index (Phi) is 18.4. The molecule has 0 aromatic heterocycles. The molecule has 368 valence electrons. The largest absolute Gasteiger partial charge is 1.00 e. The minimum atomic E-state index is -4.36. The summed E-state index contributed by atoms with van der Waals surface area (Å²) >= 11 is 1.18. The number of halogens is 8. The van der Waals surface area contributed by atoms with Gasteiger partial charge in [-0.1, -0.05) is 106 Å². The van der Waals surface area contributed by atoms with Crippen LogP contribution in [0.2, 0.25) is 0 Å². The SMILES string of the molecule is CC(C)(C)c1[c-]c2c(cc1C(C)(C)C)-c1cc(C(C)(C)C)c(C(C)(C)C)cc1C2.FC(F)(F)c1ccc(-c2ccc([C](=[Zr+2])c3ccc(-c4ccc(C(F)(F)F)cc4)cc3)cc2)cc1.[Cl-].[Cl-].c1cc[cH-]c1. The van der Waals surface area contributed by atoms with Crippen LogP contribution in [0.3, 0.4) is 0 Å². The minimum Gasteiger partial charge on any atom is -1.00 e. The van der Waals surface area contributed by atoms with Crippen molar-refractivity contribution in [2.24, 2.45) is 0 Å². The van der Waals surface area contributed by atoms with Crippen molar-refractivity contribution in [3.63, 3.8) is 0 Å². The molecule has 0 N–H and O–H groups in total. The van der Waals surface area contributed by atoms with Gasteiger partial charge in [0.05, 0.1) is 0 Å². The maximum Gasteiger partial charge on any atom is -0.172 e. The number of rotatable bonds is 4. The average molecular weight is 1070 g/mol. The van der Waals surface area contributed by atoms with E-state index in [9.17, 15) is 26.3 Å². The van der Waals surface area contributed by atoms with E-state index in [-0.39, 0.29) is 46.5 Å². The predicted molar refractivity (Wildman–Crippen MR) is 267 cm³/mol. The first kappa shape index (κ1) is 58.2. The van der Waals surface area contributed by atoms with Gasteiger partial charge in [0.15, 0.2) is 0 Å². The van der Waals surface area contributed by atoms with Crippen molar-refractivity contribution < 1.29 is 75.4 Å². The van der Waals surface area contributed by atoms with Crippen LogP contribution in [-0.2, 0) is 64.7 Å². The van der Waals surface area contributed by atoms with Crippen molar-refractivity contribution in [2.45, 2.75) is 124 Å². The second kappa shape index (κ2) is 22.1. The summed E-state index contributed by atoms with van der Waals surface area (Å²) in [7, 11) is 0. The molecule has 0 aliphatic heterocycles. The summed E-state index contributed by atoms with van der Waals surface area (Å²) in [6, 6.07) is 46.7. The van der Waals surface area contributed by atoms with Crippen molar-refractivity contribution in [1.82, 2.24) is 0 Å². The van der Waals surface area contributed by atoms with Crippen molar-refractivity contribution in [1.29, 1.82) is 0 Å². The maximum absolute atomic E-state index is 12.8. The van der Waals surface area contributed by atoms with Gasteiger partial charge in [-0.15, -0.1) is 16.7 Å². The fourth-order valence-electron chi connectivity index (χ4n) is 8.47. The average Bonchev–Trinajstić information content (AvgIpc) is 3.96. The smallest absolute Gasteiger partial charge is 0.172 e. The van der Waals surface area contributed by atoms with Gasteiger partial charge in [0.25, 0.3) is 0 Å². The monoisotopic (exact) mass is 1070 g/mol. The molecule has 1 aliphatic rings.